The maximum atomic E-state index is 12.2. The minimum Gasteiger partial charge on any atom is -0.347 e. The van der Waals surface area contributed by atoms with E-state index in [1.165, 1.54) is 11.8 Å². The van der Waals surface area contributed by atoms with Gasteiger partial charge in [0.25, 0.3) is 5.91 Å². The normalized spacial score (nSPS) is 10.3. The number of nitrogens with zero attached hydrogens (tertiary/aromatic N) is 2. The molecule has 3 aromatic rings. The number of hydrogen-bond donors (Lipinski definition) is 2. The molecule has 2 N–H and O–H groups in total. The summed E-state index contributed by atoms with van der Waals surface area (Å²) in [6, 6.07) is 15.7. The molecule has 1 amide bonds. The molecule has 2 aromatic carbocycles. The van der Waals surface area contributed by atoms with Crippen molar-refractivity contribution in [3.8, 4) is 0 Å². The summed E-state index contributed by atoms with van der Waals surface area (Å²) >= 11 is 3.46. The summed E-state index contributed by atoms with van der Waals surface area (Å²) < 4.78 is 0.928. The lowest BCUT2D eigenvalue weighted by molar-refractivity contribution is 0.0945. The number of carbonyl (C=O) groups excluding carboxylic acids is 1. The van der Waals surface area contributed by atoms with Crippen molar-refractivity contribution in [2.45, 2.75) is 13.5 Å². The molecular weight excluding hydrogens is 380 g/mol. The topological polar surface area (TPSA) is 66.9 Å². The number of amides is 1. The summed E-state index contributed by atoms with van der Waals surface area (Å²) in [6.07, 6.45) is 3.00. The number of nitrogens with one attached hydrogen (secondary N) is 2. The fraction of sp³-hybridized carbons (Fsp3) is 0.105. The molecule has 1 heterocycles. The number of carbonyl (C=O) groups is 1. The Morgan fingerprint density at radius 2 is 1.80 bits per heavy atom. The summed E-state index contributed by atoms with van der Waals surface area (Å²) in [5.41, 5.74) is 3.39. The van der Waals surface area contributed by atoms with Crippen molar-refractivity contribution >= 4 is 33.3 Å². The molecule has 0 saturated carbocycles. The molecule has 25 heavy (non-hydrogen) atoms. The van der Waals surface area contributed by atoms with E-state index >= 15 is 0 Å². The van der Waals surface area contributed by atoms with Gasteiger partial charge >= 0.3 is 0 Å². The summed E-state index contributed by atoms with van der Waals surface area (Å²) in [7, 11) is 0. The molecule has 0 radical (unpaired) electrons. The van der Waals surface area contributed by atoms with Crippen LogP contribution in [0.5, 0.6) is 0 Å². The monoisotopic (exact) mass is 396 g/mol. The first kappa shape index (κ1) is 17.1. The molecule has 0 fully saturated rings. The molecule has 0 saturated heterocycles. The molecule has 0 aliphatic carbocycles. The van der Waals surface area contributed by atoms with E-state index in [0.29, 0.717) is 12.4 Å². The van der Waals surface area contributed by atoms with Gasteiger partial charge in [0, 0.05) is 11.0 Å². The van der Waals surface area contributed by atoms with Crippen molar-refractivity contribution in [3.05, 3.63) is 82.2 Å². The highest BCUT2D eigenvalue weighted by Gasteiger charge is 2.08. The lowest BCUT2D eigenvalue weighted by Crippen LogP contribution is -2.24. The van der Waals surface area contributed by atoms with Crippen LogP contribution < -0.4 is 10.6 Å². The third-order valence-electron chi connectivity index (χ3n) is 3.59. The van der Waals surface area contributed by atoms with E-state index in [-0.39, 0.29) is 11.6 Å². The van der Waals surface area contributed by atoms with Gasteiger partial charge in [-0.15, -0.1) is 0 Å². The van der Waals surface area contributed by atoms with Crippen LogP contribution >= 0.6 is 15.9 Å². The second-order valence-electron chi connectivity index (χ2n) is 5.56. The summed E-state index contributed by atoms with van der Waals surface area (Å²) in [4.78, 5) is 20.6. The van der Waals surface area contributed by atoms with Gasteiger partial charge in [-0.3, -0.25) is 4.79 Å². The van der Waals surface area contributed by atoms with E-state index in [0.717, 1.165) is 15.7 Å². The van der Waals surface area contributed by atoms with E-state index < -0.39 is 0 Å². The second kappa shape index (κ2) is 7.90. The standard InChI is InChI=1S/C19H17BrN4O/c1-13-6-8-14(9-7-13)10-23-19(25)17-11-22-18(12-21-17)24-16-5-3-2-4-15(16)20/h2-9,11-12H,10H2,1H3,(H,22,24)(H,23,25). The quantitative estimate of drug-likeness (QED) is 0.677. The van der Waals surface area contributed by atoms with E-state index in [1.807, 2.05) is 55.5 Å². The Morgan fingerprint density at radius 1 is 1.04 bits per heavy atom. The first-order chi connectivity index (χ1) is 12.1. The van der Waals surface area contributed by atoms with E-state index in [4.69, 9.17) is 0 Å². The second-order valence-corrected chi connectivity index (χ2v) is 6.41. The number of halogens is 1. The highest BCUT2D eigenvalue weighted by molar-refractivity contribution is 9.10. The molecule has 1 aromatic heterocycles. The van der Waals surface area contributed by atoms with Gasteiger partial charge in [-0.2, -0.15) is 0 Å². The van der Waals surface area contributed by atoms with E-state index in [9.17, 15) is 4.79 Å². The highest BCUT2D eigenvalue weighted by Crippen LogP contribution is 2.23. The van der Waals surface area contributed by atoms with Gasteiger partial charge < -0.3 is 10.6 Å². The molecule has 5 nitrogen and oxygen atoms in total. The molecular formula is C19H17BrN4O. The van der Waals surface area contributed by atoms with Crippen LogP contribution in [0.2, 0.25) is 0 Å². The number of para-hydroxylation sites is 1. The minimum atomic E-state index is -0.250. The SMILES string of the molecule is Cc1ccc(CNC(=O)c2cnc(Nc3ccccc3Br)cn2)cc1. The lowest BCUT2D eigenvalue weighted by Gasteiger charge is -2.08. The van der Waals surface area contributed by atoms with Crippen molar-refractivity contribution in [2.75, 3.05) is 5.32 Å². The zero-order chi connectivity index (χ0) is 17.6. The van der Waals surface area contributed by atoms with Gasteiger partial charge in [0.05, 0.1) is 18.1 Å². The Labute approximate surface area is 154 Å². The fourth-order valence-corrected chi connectivity index (χ4v) is 2.57. The number of benzene rings is 2. The van der Waals surface area contributed by atoms with E-state index in [1.54, 1.807) is 6.20 Å². The molecule has 0 bridgehead atoms. The number of anilines is 2. The predicted molar refractivity (Wildman–Crippen MR) is 102 cm³/mol. The van der Waals surface area contributed by atoms with Gasteiger partial charge in [0.2, 0.25) is 0 Å². The van der Waals surface area contributed by atoms with E-state index in [2.05, 4.69) is 36.5 Å². The maximum absolute atomic E-state index is 12.2. The molecule has 3 rings (SSSR count). The molecule has 0 unspecified atom stereocenters. The van der Waals surface area contributed by atoms with Crippen LogP contribution in [0, 0.1) is 6.92 Å². The van der Waals surface area contributed by atoms with Crippen molar-refractivity contribution in [2.24, 2.45) is 0 Å². The highest BCUT2D eigenvalue weighted by atomic mass is 79.9. The zero-order valence-electron chi connectivity index (χ0n) is 13.7. The first-order valence-corrected chi connectivity index (χ1v) is 8.58. The van der Waals surface area contributed by atoms with Crippen LogP contribution in [0.25, 0.3) is 0 Å². The minimum absolute atomic E-state index is 0.250. The van der Waals surface area contributed by atoms with Gasteiger partial charge in [-0.05, 0) is 40.5 Å². The average Bonchev–Trinajstić information content (AvgIpc) is 2.63. The molecule has 126 valence electrons. The predicted octanol–water partition coefficient (Wildman–Crippen LogP) is 4.22. The Hall–Kier alpha value is -2.73. The fourth-order valence-electron chi connectivity index (χ4n) is 2.19. The Morgan fingerprint density at radius 3 is 2.48 bits per heavy atom. The Kier molecular flexibility index (Phi) is 5.40. The number of rotatable bonds is 5. The number of aryl methyl sites for hydroxylation is 1. The maximum Gasteiger partial charge on any atom is 0.271 e. The van der Waals surface area contributed by atoms with Gasteiger partial charge in [0.1, 0.15) is 11.5 Å². The first-order valence-electron chi connectivity index (χ1n) is 7.79. The third-order valence-corrected chi connectivity index (χ3v) is 4.29. The van der Waals surface area contributed by atoms with Crippen molar-refractivity contribution < 1.29 is 4.79 Å². The van der Waals surface area contributed by atoms with Crippen molar-refractivity contribution in [3.63, 3.8) is 0 Å². The third kappa shape index (κ3) is 4.64. The zero-order valence-corrected chi connectivity index (χ0v) is 15.2. The number of aromatic nitrogens is 2. The van der Waals surface area contributed by atoms with Crippen LogP contribution in [0.1, 0.15) is 21.6 Å². The van der Waals surface area contributed by atoms with Gasteiger partial charge in [-0.1, -0.05) is 42.0 Å². The Bertz CT molecular complexity index is 863. The summed E-state index contributed by atoms with van der Waals surface area (Å²) in [5.74, 6) is 0.322. The average molecular weight is 397 g/mol. The summed E-state index contributed by atoms with van der Waals surface area (Å²) in [5, 5.41) is 5.99. The largest absolute Gasteiger partial charge is 0.347 e. The molecule has 0 aliphatic heterocycles. The van der Waals surface area contributed by atoms with Crippen LogP contribution in [0.15, 0.2) is 65.4 Å². The van der Waals surface area contributed by atoms with Gasteiger partial charge in [-0.25, -0.2) is 9.97 Å². The molecule has 0 spiro atoms. The molecule has 0 atom stereocenters. The van der Waals surface area contributed by atoms with Crippen LogP contribution in [-0.2, 0) is 6.54 Å². The van der Waals surface area contributed by atoms with Crippen LogP contribution in [0.3, 0.4) is 0 Å². The molecule has 6 heteroatoms. The van der Waals surface area contributed by atoms with Crippen LogP contribution in [-0.4, -0.2) is 15.9 Å². The number of hydrogen-bond acceptors (Lipinski definition) is 4. The molecule has 0 aliphatic rings. The van der Waals surface area contributed by atoms with Crippen molar-refractivity contribution in [1.82, 2.24) is 15.3 Å². The van der Waals surface area contributed by atoms with Crippen molar-refractivity contribution in [1.29, 1.82) is 0 Å². The van der Waals surface area contributed by atoms with Crippen LogP contribution in [0.4, 0.5) is 11.5 Å². The van der Waals surface area contributed by atoms with Gasteiger partial charge in [0.15, 0.2) is 0 Å². The summed E-state index contributed by atoms with van der Waals surface area (Å²) in [6.45, 7) is 2.49. The smallest absolute Gasteiger partial charge is 0.271 e. The lowest BCUT2D eigenvalue weighted by atomic mass is 10.1. The Balaban J connectivity index is 1.60.